The molecule has 5 heteroatoms. The summed E-state index contributed by atoms with van der Waals surface area (Å²) in [5.74, 6) is -2.10. The van der Waals surface area contributed by atoms with Crippen LogP contribution in [-0.2, 0) is 6.42 Å². The summed E-state index contributed by atoms with van der Waals surface area (Å²) >= 11 is 0. The van der Waals surface area contributed by atoms with Crippen molar-refractivity contribution in [3.8, 4) is 0 Å². The van der Waals surface area contributed by atoms with Gasteiger partial charge in [0, 0.05) is 29.7 Å². The SMILES string of the molecule is Cc1ccc2[nH]cc(CCNC(=O)c3ccc(F)cc3F)c2c1. The molecule has 2 aromatic carbocycles. The molecule has 118 valence electrons. The lowest BCUT2D eigenvalue weighted by molar-refractivity contribution is 0.0950. The van der Waals surface area contributed by atoms with E-state index < -0.39 is 17.5 Å². The molecule has 1 aromatic heterocycles. The topological polar surface area (TPSA) is 44.9 Å². The first-order valence-corrected chi connectivity index (χ1v) is 7.34. The minimum Gasteiger partial charge on any atom is -0.361 e. The van der Waals surface area contributed by atoms with Gasteiger partial charge in [0.25, 0.3) is 5.91 Å². The van der Waals surface area contributed by atoms with Crippen molar-refractivity contribution in [2.75, 3.05) is 6.54 Å². The predicted octanol–water partition coefficient (Wildman–Crippen LogP) is 3.73. The van der Waals surface area contributed by atoms with Crippen LogP contribution in [0.1, 0.15) is 21.5 Å². The highest BCUT2D eigenvalue weighted by atomic mass is 19.1. The Bertz CT molecular complexity index is 871. The molecule has 0 aliphatic rings. The zero-order valence-corrected chi connectivity index (χ0v) is 12.6. The zero-order valence-electron chi connectivity index (χ0n) is 12.6. The van der Waals surface area contributed by atoms with Crippen molar-refractivity contribution in [3.05, 3.63) is 70.9 Å². The van der Waals surface area contributed by atoms with Gasteiger partial charge in [-0.1, -0.05) is 11.6 Å². The number of amides is 1. The number of H-pyrrole nitrogens is 1. The molecule has 0 aliphatic carbocycles. The molecule has 2 N–H and O–H groups in total. The summed E-state index contributed by atoms with van der Waals surface area (Å²) in [4.78, 5) is 15.1. The van der Waals surface area contributed by atoms with Crippen LogP contribution in [0.15, 0.2) is 42.6 Å². The number of halogens is 2. The Labute approximate surface area is 132 Å². The van der Waals surface area contributed by atoms with Gasteiger partial charge in [-0.3, -0.25) is 4.79 Å². The highest BCUT2D eigenvalue weighted by Gasteiger charge is 2.12. The number of hydrogen-bond donors (Lipinski definition) is 2. The predicted molar refractivity (Wildman–Crippen MR) is 85.4 cm³/mol. The summed E-state index contributed by atoms with van der Waals surface area (Å²) in [7, 11) is 0. The zero-order chi connectivity index (χ0) is 16.4. The van der Waals surface area contributed by atoms with Gasteiger partial charge < -0.3 is 10.3 Å². The first-order chi connectivity index (χ1) is 11.0. The van der Waals surface area contributed by atoms with E-state index in [-0.39, 0.29) is 5.56 Å². The van der Waals surface area contributed by atoms with E-state index in [0.717, 1.165) is 34.2 Å². The van der Waals surface area contributed by atoms with Crippen LogP contribution in [-0.4, -0.2) is 17.4 Å². The van der Waals surface area contributed by atoms with Gasteiger partial charge in [0.05, 0.1) is 5.56 Å². The fourth-order valence-corrected chi connectivity index (χ4v) is 2.58. The number of aromatic nitrogens is 1. The molecule has 3 aromatic rings. The van der Waals surface area contributed by atoms with Gasteiger partial charge in [0.15, 0.2) is 0 Å². The quantitative estimate of drug-likeness (QED) is 0.757. The number of carbonyl (C=O) groups excluding carboxylic acids is 1. The Morgan fingerprint density at radius 3 is 2.78 bits per heavy atom. The lowest BCUT2D eigenvalue weighted by atomic mass is 10.1. The van der Waals surface area contributed by atoms with Gasteiger partial charge in [-0.15, -0.1) is 0 Å². The minimum atomic E-state index is -0.856. The molecular weight excluding hydrogens is 298 g/mol. The average molecular weight is 314 g/mol. The van der Waals surface area contributed by atoms with Gasteiger partial charge >= 0.3 is 0 Å². The van der Waals surface area contributed by atoms with Crippen molar-refractivity contribution in [2.24, 2.45) is 0 Å². The molecule has 0 saturated carbocycles. The molecule has 3 rings (SSSR count). The van der Waals surface area contributed by atoms with Crippen LogP contribution < -0.4 is 5.32 Å². The average Bonchev–Trinajstić information content (AvgIpc) is 2.89. The van der Waals surface area contributed by atoms with Crippen LogP contribution in [0, 0.1) is 18.6 Å². The number of fused-ring (bicyclic) bond motifs is 1. The summed E-state index contributed by atoms with van der Waals surface area (Å²) in [6, 6.07) is 9.05. The largest absolute Gasteiger partial charge is 0.361 e. The Kier molecular flexibility index (Phi) is 4.10. The van der Waals surface area contributed by atoms with Crippen LogP contribution in [0.25, 0.3) is 10.9 Å². The summed E-state index contributed by atoms with van der Waals surface area (Å²) in [5.41, 5.74) is 3.14. The molecule has 0 unspecified atom stereocenters. The van der Waals surface area contributed by atoms with Gasteiger partial charge in [0.2, 0.25) is 0 Å². The second-order valence-corrected chi connectivity index (χ2v) is 5.49. The molecule has 1 heterocycles. The lowest BCUT2D eigenvalue weighted by Gasteiger charge is -2.06. The van der Waals surface area contributed by atoms with Crippen molar-refractivity contribution in [2.45, 2.75) is 13.3 Å². The van der Waals surface area contributed by atoms with Crippen LogP contribution in [0.4, 0.5) is 8.78 Å². The van der Waals surface area contributed by atoms with Gasteiger partial charge in [-0.2, -0.15) is 0 Å². The fraction of sp³-hybridized carbons (Fsp3) is 0.167. The second-order valence-electron chi connectivity index (χ2n) is 5.49. The normalized spacial score (nSPS) is 10.9. The Morgan fingerprint density at radius 1 is 1.17 bits per heavy atom. The molecule has 23 heavy (non-hydrogen) atoms. The van der Waals surface area contributed by atoms with Crippen LogP contribution in [0.5, 0.6) is 0 Å². The fourth-order valence-electron chi connectivity index (χ4n) is 2.58. The molecule has 0 spiro atoms. The van der Waals surface area contributed by atoms with Gasteiger partial charge in [0.1, 0.15) is 11.6 Å². The van der Waals surface area contributed by atoms with Gasteiger partial charge in [-0.25, -0.2) is 8.78 Å². The third-order valence-electron chi connectivity index (χ3n) is 3.78. The van der Waals surface area contributed by atoms with Crippen molar-refractivity contribution in [3.63, 3.8) is 0 Å². The van der Waals surface area contributed by atoms with E-state index in [0.29, 0.717) is 19.0 Å². The summed E-state index contributed by atoms with van der Waals surface area (Å²) in [6.45, 7) is 2.39. The van der Waals surface area contributed by atoms with E-state index in [9.17, 15) is 13.6 Å². The Morgan fingerprint density at radius 2 is 2.00 bits per heavy atom. The van der Waals surface area contributed by atoms with Crippen LogP contribution in [0.3, 0.4) is 0 Å². The Hall–Kier alpha value is -2.69. The monoisotopic (exact) mass is 314 g/mol. The van der Waals surface area contributed by atoms with E-state index in [4.69, 9.17) is 0 Å². The standard InChI is InChI=1S/C18H16F2N2O/c1-11-2-5-17-15(8-11)12(10-22-17)6-7-21-18(23)14-4-3-13(19)9-16(14)20/h2-5,8-10,22H,6-7H2,1H3,(H,21,23). The maximum atomic E-state index is 13.5. The van der Waals surface area contributed by atoms with Crippen molar-refractivity contribution >= 4 is 16.8 Å². The molecule has 0 fully saturated rings. The number of nitrogens with one attached hydrogen (secondary N) is 2. The van der Waals surface area contributed by atoms with E-state index in [1.807, 2.05) is 25.3 Å². The number of hydrogen-bond acceptors (Lipinski definition) is 1. The molecule has 0 bridgehead atoms. The van der Waals surface area contributed by atoms with Gasteiger partial charge in [-0.05, 0) is 43.2 Å². The van der Waals surface area contributed by atoms with E-state index >= 15 is 0 Å². The molecule has 0 atom stereocenters. The highest BCUT2D eigenvalue weighted by molar-refractivity contribution is 5.94. The molecule has 0 saturated heterocycles. The number of aryl methyl sites for hydroxylation is 1. The molecular formula is C18H16F2N2O. The van der Waals surface area contributed by atoms with Crippen molar-refractivity contribution < 1.29 is 13.6 Å². The molecule has 1 amide bonds. The third kappa shape index (κ3) is 3.23. The minimum absolute atomic E-state index is 0.152. The van der Waals surface area contributed by atoms with E-state index in [1.54, 1.807) is 0 Å². The van der Waals surface area contributed by atoms with Crippen molar-refractivity contribution in [1.29, 1.82) is 0 Å². The highest BCUT2D eigenvalue weighted by Crippen LogP contribution is 2.20. The maximum absolute atomic E-state index is 13.5. The number of benzene rings is 2. The Balaban J connectivity index is 1.66. The van der Waals surface area contributed by atoms with E-state index in [2.05, 4.69) is 16.4 Å². The van der Waals surface area contributed by atoms with Crippen LogP contribution in [0.2, 0.25) is 0 Å². The first kappa shape index (κ1) is 15.2. The van der Waals surface area contributed by atoms with Crippen LogP contribution >= 0.6 is 0 Å². The number of carbonyl (C=O) groups is 1. The summed E-state index contributed by atoms with van der Waals surface area (Å²) < 4.78 is 26.4. The second kappa shape index (κ2) is 6.20. The number of rotatable bonds is 4. The third-order valence-corrected chi connectivity index (χ3v) is 3.78. The molecule has 0 aliphatic heterocycles. The molecule has 3 nitrogen and oxygen atoms in total. The van der Waals surface area contributed by atoms with E-state index in [1.165, 1.54) is 0 Å². The summed E-state index contributed by atoms with van der Waals surface area (Å²) in [6.07, 6.45) is 2.53. The molecule has 0 radical (unpaired) electrons. The van der Waals surface area contributed by atoms with Crippen molar-refractivity contribution in [1.82, 2.24) is 10.3 Å². The smallest absolute Gasteiger partial charge is 0.254 e. The number of aromatic amines is 1. The maximum Gasteiger partial charge on any atom is 0.254 e. The summed E-state index contributed by atoms with van der Waals surface area (Å²) in [5, 5.41) is 3.78. The first-order valence-electron chi connectivity index (χ1n) is 7.34. The lowest BCUT2D eigenvalue weighted by Crippen LogP contribution is -2.26.